The fraction of sp³-hybridized carbons (Fsp3) is 0.385. The number of rotatable bonds is 4. The molecule has 0 heterocycles. The molecule has 0 aliphatic carbocycles. The molecule has 0 N–H and O–H groups in total. The maximum Gasteiger partial charge on any atom is 1.00 e. The fourth-order valence-electron chi connectivity index (χ4n) is 1.77. The predicted molar refractivity (Wildman–Crippen MR) is 59.1 cm³/mol. The topological polar surface area (TPSA) is 57.2 Å². The van der Waals surface area contributed by atoms with Crippen LogP contribution in [0.5, 0.6) is 0 Å². The van der Waals surface area contributed by atoms with E-state index >= 15 is 0 Å². The van der Waals surface area contributed by atoms with Crippen LogP contribution in [0.2, 0.25) is 0 Å². The van der Waals surface area contributed by atoms with E-state index < -0.39 is 11.4 Å². The largest absolute Gasteiger partial charge is 1.00 e. The van der Waals surface area contributed by atoms with Gasteiger partial charge in [-0.05, 0) is 25.8 Å². The molecule has 0 radical (unpaired) electrons. The van der Waals surface area contributed by atoms with Crippen molar-refractivity contribution in [1.29, 1.82) is 0 Å². The van der Waals surface area contributed by atoms with Crippen molar-refractivity contribution in [3.63, 3.8) is 0 Å². The zero-order valence-electron chi connectivity index (χ0n) is 10.7. The van der Waals surface area contributed by atoms with Crippen molar-refractivity contribution in [1.82, 2.24) is 0 Å². The summed E-state index contributed by atoms with van der Waals surface area (Å²) in [6.45, 7) is 5.11. The quantitative estimate of drug-likeness (QED) is 0.592. The molecule has 3 nitrogen and oxygen atoms in total. The Labute approximate surface area is 124 Å². The van der Waals surface area contributed by atoms with Gasteiger partial charge in [-0.3, -0.25) is 4.79 Å². The van der Waals surface area contributed by atoms with Gasteiger partial charge in [-0.1, -0.05) is 31.2 Å². The van der Waals surface area contributed by atoms with Gasteiger partial charge in [-0.2, -0.15) is 0 Å². The summed E-state index contributed by atoms with van der Waals surface area (Å²) in [5, 5.41) is 11.0. The average Bonchev–Trinajstić information content (AvgIpc) is 2.27. The first-order valence-electron chi connectivity index (χ1n) is 5.25. The maximum atomic E-state index is 11.7. The number of hydrogen-bond donors (Lipinski definition) is 0. The first-order valence-corrected chi connectivity index (χ1v) is 5.25. The first-order chi connectivity index (χ1) is 7.43. The van der Waals surface area contributed by atoms with Gasteiger partial charge in [0.2, 0.25) is 0 Å². The van der Waals surface area contributed by atoms with Gasteiger partial charge in [0.05, 0.1) is 11.4 Å². The minimum absolute atomic E-state index is 0. The van der Waals surface area contributed by atoms with Crippen LogP contribution in [-0.4, -0.2) is 11.8 Å². The molecule has 86 valence electrons. The Kier molecular flexibility index (Phi) is 6.10. The summed E-state index contributed by atoms with van der Waals surface area (Å²) in [7, 11) is 0. The molecular formula is C13H15NaO3. The Hall–Kier alpha value is -0.640. The molecular weight excluding hydrogens is 227 g/mol. The van der Waals surface area contributed by atoms with E-state index in [0.717, 1.165) is 0 Å². The van der Waals surface area contributed by atoms with Crippen molar-refractivity contribution in [2.45, 2.75) is 32.6 Å². The normalized spacial score (nSPS) is 13.4. The van der Waals surface area contributed by atoms with E-state index in [4.69, 9.17) is 0 Å². The maximum absolute atomic E-state index is 11.7. The standard InChI is InChI=1S/C13H16O3.Na/c1-4-13(3,9(2)14)11-8-6-5-7-10(11)12(15)16;/h5-8H,4H2,1-3H3,(H,15,16);/q;+1/p-1. The second kappa shape index (κ2) is 6.34. The number of benzene rings is 1. The Morgan fingerprint density at radius 2 is 1.82 bits per heavy atom. The minimum atomic E-state index is -1.24. The van der Waals surface area contributed by atoms with Gasteiger partial charge >= 0.3 is 29.6 Å². The fourth-order valence-corrected chi connectivity index (χ4v) is 1.77. The number of carbonyl (C=O) groups is 2. The van der Waals surface area contributed by atoms with Crippen molar-refractivity contribution in [2.24, 2.45) is 0 Å². The van der Waals surface area contributed by atoms with E-state index in [-0.39, 0.29) is 40.9 Å². The van der Waals surface area contributed by atoms with Gasteiger partial charge in [-0.25, -0.2) is 0 Å². The van der Waals surface area contributed by atoms with E-state index in [9.17, 15) is 14.7 Å². The molecule has 4 heteroatoms. The van der Waals surface area contributed by atoms with Gasteiger partial charge in [0, 0.05) is 5.56 Å². The third-order valence-corrected chi connectivity index (χ3v) is 3.23. The Balaban J connectivity index is 0.00000256. The van der Waals surface area contributed by atoms with Crippen LogP contribution >= 0.6 is 0 Å². The molecule has 1 aromatic rings. The number of carboxylic acids is 1. The van der Waals surface area contributed by atoms with Crippen LogP contribution in [0.25, 0.3) is 0 Å². The molecule has 0 fully saturated rings. The SMILES string of the molecule is CCC(C)(C(C)=O)c1ccccc1C(=O)[O-].[Na+]. The number of hydrogen-bond acceptors (Lipinski definition) is 3. The Bertz CT molecular complexity index is 428. The molecule has 0 bridgehead atoms. The van der Waals surface area contributed by atoms with E-state index in [0.29, 0.717) is 12.0 Å². The molecule has 0 aliphatic heterocycles. The summed E-state index contributed by atoms with van der Waals surface area (Å²) in [4.78, 5) is 22.6. The molecule has 1 rings (SSSR count). The molecule has 1 aromatic carbocycles. The summed E-state index contributed by atoms with van der Waals surface area (Å²) in [6, 6.07) is 6.51. The number of carboxylic acid groups (broad SMARTS) is 1. The molecule has 1 unspecified atom stereocenters. The second-order valence-corrected chi connectivity index (χ2v) is 4.07. The first kappa shape index (κ1) is 16.4. The monoisotopic (exact) mass is 242 g/mol. The molecule has 1 atom stereocenters. The summed E-state index contributed by atoms with van der Waals surface area (Å²) >= 11 is 0. The van der Waals surface area contributed by atoms with Gasteiger partial charge in [0.1, 0.15) is 5.78 Å². The van der Waals surface area contributed by atoms with Crippen molar-refractivity contribution < 1.29 is 44.3 Å². The van der Waals surface area contributed by atoms with Crippen molar-refractivity contribution in [3.8, 4) is 0 Å². The molecule has 0 amide bonds. The average molecular weight is 242 g/mol. The summed E-state index contributed by atoms with van der Waals surface area (Å²) < 4.78 is 0. The predicted octanol–water partition coefficient (Wildman–Crippen LogP) is -1.69. The number of ketones is 1. The van der Waals surface area contributed by atoms with Crippen molar-refractivity contribution in [3.05, 3.63) is 35.4 Å². The smallest absolute Gasteiger partial charge is 0.545 e. The van der Waals surface area contributed by atoms with E-state index in [2.05, 4.69) is 0 Å². The minimum Gasteiger partial charge on any atom is -0.545 e. The molecule has 0 spiro atoms. The van der Waals surface area contributed by atoms with Gasteiger partial charge in [0.25, 0.3) is 0 Å². The Morgan fingerprint density at radius 3 is 2.24 bits per heavy atom. The van der Waals surface area contributed by atoms with Gasteiger partial charge < -0.3 is 9.90 Å². The number of carbonyl (C=O) groups excluding carboxylic acids is 2. The molecule has 0 saturated carbocycles. The molecule has 0 aliphatic rings. The Morgan fingerprint density at radius 1 is 1.29 bits per heavy atom. The van der Waals surface area contributed by atoms with Crippen molar-refractivity contribution in [2.75, 3.05) is 0 Å². The zero-order valence-corrected chi connectivity index (χ0v) is 12.7. The van der Waals surface area contributed by atoms with Crippen LogP contribution in [0, 0.1) is 0 Å². The van der Waals surface area contributed by atoms with Crippen LogP contribution < -0.4 is 34.7 Å². The van der Waals surface area contributed by atoms with Crippen molar-refractivity contribution >= 4 is 11.8 Å². The number of aromatic carboxylic acids is 1. The number of Topliss-reactive ketones (excluding diaryl/α,β-unsaturated/α-hetero) is 1. The summed E-state index contributed by atoms with van der Waals surface area (Å²) in [6.07, 6.45) is 0.562. The van der Waals surface area contributed by atoms with Gasteiger partial charge in [-0.15, -0.1) is 0 Å². The van der Waals surface area contributed by atoms with Crippen LogP contribution in [0.1, 0.15) is 43.1 Å². The van der Waals surface area contributed by atoms with E-state index in [1.54, 1.807) is 25.1 Å². The second-order valence-electron chi connectivity index (χ2n) is 4.07. The van der Waals surface area contributed by atoms with Crippen LogP contribution in [0.15, 0.2) is 24.3 Å². The van der Waals surface area contributed by atoms with Crippen LogP contribution in [-0.2, 0) is 10.2 Å². The van der Waals surface area contributed by atoms with E-state index in [1.807, 2.05) is 6.92 Å². The molecule has 0 saturated heterocycles. The van der Waals surface area contributed by atoms with Gasteiger partial charge in [0.15, 0.2) is 0 Å². The third kappa shape index (κ3) is 3.18. The van der Waals surface area contributed by atoms with Crippen LogP contribution in [0.4, 0.5) is 0 Å². The zero-order chi connectivity index (χ0) is 12.3. The molecule has 0 aromatic heterocycles. The summed E-state index contributed by atoms with van der Waals surface area (Å²) in [5.41, 5.74) is -0.122. The summed E-state index contributed by atoms with van der Waals surface area (Å²) in [5.74, 6) is -1.28. The van der Waals surface area contributed by atoms with Crippen LogP contribution in [0.3, 0.4) is 0 Å². The third-order valence-electron chi connectivity index (χ3n) is 3.23. The molecule has 17 heavy (non-hydrogen) atoms. The van der Waals surface area contributed by atoms with E-state index in [1.165, 1.54) is 13.0 Å².